The first-order valence-electron chi connectivity index (χ1n) is 7.67. The summed E-state index contributed by atoms with van der Waals surface area (Å²) in [5.41, 5.74) is 1.83. The van der Waals surface area contributed by atoms with E-state index < -0.39 is 5.97 Å². The van der Waals surface area contributed by atoms with Crippen LogP contribution >= 0.6 is 23.4 Å². The molecule has 1 fully saturated rings. The maximum atomic E-state index is 12.6. The molecular weight excluding hydrogens is 374 g/mol. The van der Waals surface area contributed by atoms with Crippen molar-refractivity contribution < 1.29 is 19.1 Å². The first-order valence-corrected chi connectivity index (χ1v) is 8.86. The van der Waals surface area contributed by atoms with Crippen molar-refractivity contribution in [2.24, 2.45) is 0 Å². The minimum atomic E-state index is -0.434. The number of halogens is 1. The largest absolute Gasteiger partial charge is 0.465 e. The van der Waals surface area contributed by atoms with Crippen LogP contribution in [0.4, 0.5) is 4.79 Å². The monoisotopic (exact) mass is 387 g/mol. The Morgan fingerprint density at radius 2 is 1.85 bits per heavy atom. The molecule has 132 valence electrons. The standard InChI is InChI=1S/C19H14ClNO4S/c1-25-18(23)13-8-6-12(7-9-13)10-16-17(22)21(19(24)26-16)11-14-4-2-3-5-15(14)20/h2-10H,11H2,1H3/b16-10-. The topological polar surface area (TPSA) is 63.7 Å². The summed E-state index contributed by atoms with van der Waals surface area (Å²) in [6.07, 6.45) is 1.62. The molecule has 1 saturated heterocycles. The first-order chi connectivity index (χ1) is 12.5. The van der Waals surface area contributed by atoms with E-state index in [4.69, 9.17) is 11.6 Å². The van der Waals surface area contributed by atoms with Crippen molar-refractivity contribution in [2.75, 3.05) is 7.11 Å². The lowest BCUT2D eigenvalue weighted by Gasteiger charge is -2.13. The average Bonchev–Trinajstić information content (AvgIpc) is 2.91. The number of hydrogen-bond donors (Lipinski definition) is 0. The average molecular weight is 388 g/mol. The van der Waals surface area contributed by atoms with E-state index in [0.29, 0.717) is 26.6 Å². The Labute approximate surface area is 159 Å². The molecule has 0 bridgehead atoms. The van der Waals surface area contributed by atoms with Crippen molar-refractivity contribution >= 4 is 46.6 Å². The highest BCUT2D eigenvalue weighted by Crippen LogP contribution is 2.34. The summed E-state index contributed by atoms with van der Waals surface area (Å²) < 4.78 is 4.65. The van der Waals surface area contributed by atoms with Crippen molar-refractivity contribution in [3.63, 3.8) is 0 Å². The van der Waals surface area contributed by atoms with Crippen LogP contribution in [-0.2, 0) is 16.1 Å². The highest BCUT2D eigenvalue weighted by Gasteiger charge is 2.35. The van der Waals surface area contributed by atoms with Gasteiger partial charge in [-0.2, -0.15) is 0 Å². The summed E-state index contributed by atoms with van der Waals surface area (Å²) >= 11 is 6.99. The molecule has 0 atom stereocenters. The van der Waals surface area contributed by atoms with Crippen LogP contribution in [0.15, 0.2) is 53.4 Å². The number of nitrogens with zero attached hydrogens (tertiary/aromatic N) is 1. The number of amides is 2. The molecule has 0 spiro atoms. The molecule has 26 heavy (non-hydrogen) atoms. The van der Waals surface area contributed by atoms with E-state index in [1.54, 1.807) is 54.6 Å². The maximum absolute atomic E-state index is 12.6. The predicted octanol–water partition coefficient (Wildman–Crippen LogP) is 4.36. The minimum Gasteiger partial charge on any atom is -0.465 e. The van der Waals surface area contributed by atoms with Crippen LogP contribution in [0.2, 0.25) is 5.02 Å². The second kappa shape index (κ2) is 7.76. The molecule has 0 aliphatic carbocycles. The van der Waals surface area contributed by atoms with Crippen molar-refractivity contribution in [1.82, 2.24) is 4.90 Å². The highest BCUT2D eigenvalue weighted by molar-refractivity contribution is 8.18. The Hall–Kier alpha value is -2.57. The Balaban J connectivity index is 1.79. The second-order valence-corrected chi connectivity index (χ2v) is 6.87. The molecule has 2 amide bonds. The van der Waals surface area contributed by atoms with Crippen LogP contribution in [0.1, 0.15) is 21.5 Å². The first kappa shape index (κ1) is 18.2. The zero-order valence-electron chi connectivity index (χ0n) is 13.8. The van der Waals surface area contributed by atoms with Crippen LogP contribution in [0.5, 0.6) is 0 Å². The maximum Gasteiger partial charge on any atom is 0.337 e. The molecule has 2 aromatic carbocycles. The van der Waals surface area contributed by atoms with Crippen LogP contribution < -0.4 is 0 Å². The molecule has 5 nitrogen and oxygen atoms in total. The number of thioether (sulfide) groups is 1. The zero-order valence-corrected chi connectivity index (χ0v) is 15.3. The fraction of sp³-hybridized carbons (Fsp3) is 0.105. The molecule has 2 aromatic rings. The van der Waals surface area contributed by atoms with Gasteiger partial charge >= 0.3 is 5.97 Å². The Bertz CT molecular complexity index is 908. The fourth-order valence-corrected chi connectivity index (χ4v) is 3.45. The number of ether oxygens (including phenoxy) is 1. The molecule has 0 aromatic heterocycles. The number of carbonyl (C=O) groups excluding carboxylic acids is 3. The van der Waals surface area contributed by atoms with Gasteiger partial charge in [0.1, 0.15) is 0 Å². The van der Waals surface area contributed by atoms with E-state index >= 15 is 0 Å². The van der Waals surface area contributed by atoms with Crippen molar-refractivity contribution in [1.29, 1.82) is 0 Å². The van der Waals surface area contributed by atoms with E-state index in [1.165, 1.54) is 12.0 Å². The van der Waals surface area contributed by atoms with Gasteiger partial charge in [0.05, 0.1) is 24.1 Å². The van der Waals surface area contributed by atoms with Gasteiger partial charge in [-0.3, -0.25) is 14.5 Å². The molecule has 7 heteroatoms. The third-order valence-electron chi connectivity index (χ3n) is 3.79. The molecule has 1 aliphatic heterocycles. The summed E-state index contributed by atoms with van der Waals surface area (Å²) in [6, 6.07) is 13.7. The van der Waals surface area contributed by atoms with Crippen LogP contribution in [0.3, 0.4) is 0 Å². The third kappa shape index (κ3) is 3.81. The van der Waals surface area contributed by atoms with E-state index in [0.717, 1.165) is 11.8 Å². The third-order valence-corrected chi connectivity index (χ3v) is 5.07. The van der Waals surface area contributed by atoms with E-state index in [2.05, 4.69) is 4.74 Å². The predicted molar refractivity (Wildman–Crippen MR) is 101 cm³/mol. The number of carbonyl (C=O) groups is 3. The quantitative estimate of drug-likeness (QED) is 0.576. The Morgan fingerprint density at radius 3 is 2.50 bits per heavy atom. The minimum absolute atomic E-state index is 0.128. The number of imide groups is 1. The van der Waals surface area contributed by atoms with Crippen LogP contribution in [0, 0.1) is 0 Å². The lowest BCUT2D eigenvalue weighted by Crippen LogP contribution is -2.27. The zero-order chi connectivity index (χ0) is 18.7. The molecule has 1 aliphatic rings. The number of rotatable bonds is 4. The SMILES string of the molecule is COC(=O)c1ccc(/C=C2\SC(=O)N(Cc3ccccc3Cl)C2=O)cc1. The van der Waals surface area contributed by atoms with Crippen LogP contribution in [-0.4, -0.2) is 29.1 Å². The van der Waals surface area contributed by atoms with Crippen molar-refractivity contribution in [3.8, 4) is 0 Å². The van der Waals surface area contributed by atoms with Gasteiger partial charge in [-0.15, -0.1) is 0 Å². The van der Waals surface area contributed by atoms with Gasteiger partial charge in [0.15, 0.2) is 0 Å². The van der Waals surface area contributed by atoms with Gasteiger partial charge in [-0.25, -0.2) is 4.79 Å². The number of hydrogen-bond acceptors (Lipinski definition) is 5. The molecular formula is C19H14ClNO4S. The van der Waals surface area contributed by atoms with Crippen molar-refractivity contribution in [2.45, 2.75) is 6.54 Å². The van der Waals surface area contributed by atoms with Gasteiger partial charge in [-0.05, 0) is 47.2 Å². The molecule has 0 radical (unpaired) electrons. The van der Waals surface area contributed by atoms with Gasteiger partial charge < -0.3 is 4.74 Å². The molecule has 0 saturated carbocycles. The number of esters is 1. The second-order valence-electron chi connectivity index (χ2n) is 5.47. The molecule has 3 rings (SSSR count). The lowest BCUT2D eigenvalue weighted by molar-refractivity contribution is -0.123. The van der Waals surface area contributed by atoms with Crippen LogP contribution in [0.25, 0.3) is 6.08 Å². The smallest absolute Gasteiger partial charge is 0.337 e. The summed E-state index contributed by atoms with van der Waals surface area (Å²) in [5.74, 6) is -0.798. The summed E-state index contributed by atoms with van der Waals surface area (Å²) in [6.45, 7) is 0.128. The Morgan fingerprint density at radius 1 is 1.15 bits per heavy atom. The number of benzene rings is 2. The molecule has 0 N–H and O–H groups in total. The highest BCUT2D eigenvalue weighted by atomic mass is 35.5. The molecule has 0 unspecified atom stereocenters. The van der Waals surface area contributed by atoms with E-state index in [1.807, 2.05) is 0 Å². The van der Waals surface area contributed by atoms with Crippen molar-refractivity contribution in [3.05, 3.63) is 75.1 Å². The van der Waals surface area contributed by atoms with E-state index in [9.17, 15) is 14.4 Å². The normalized spacial score (nSPS) is 15.6. The Kier molecular flexibility index (Phi) is 5.44. The van der Waals surface area contributed by atoms with E-state index in [-0.39, 0.29) is 17.7 Å². The van der Waals surface area contributed by atoms with Gasteiger partial charge in [0.25, 0.3) is 11.1 Å². The van der Waals surface area contributed by atoms with Gasteiger partial charge in [0, 0.05) is 5.02 Å². The van der Waals surface area contributed by atoms with Gasteiger partial charge in [0.2, 0.25) is 0 Å². The fourth-order valence-electron chi connectivity index (χ4n) is 2.42. The lowest BCUT2D eigenvalue weighted by atomic mass is 10.1. The molecule has 1 heterocycles. The number of methoxy groups -OCH3 is 1. The summed E-state index contributed by atoms with van der Waals surface area (Å²) in [5, 5.41) is 0.168. The summed E-state index contributed by atoms with van der Waals surface area (Å²) in [4.78, 5) is 37.7. The van der Waals surface area contributed by atoms with Gasteiger partial charge in [-0.1, -0.05) is 41.9 Å². The summed E-state index contributed by atoms with van der Waals surface area (Å²) in [7, 11) is 1.31.